The van der Waals surface area contributed by atoms with Crippen molar-refractivity contribution in [1.82, 2.24) is 4.90 Å². The minimum Gasteiger partial charge on any atom is -0.480 e. The Morgan fingerprint density at radius 1 is 1.33 bits per heavy atom. The van der Waals surface area contributed by atoms with Gasteiger partial charge in [-0.15, -0.1) is 0 Å². The van der Waals surface area contributed by atoms with Crippen LogP contribution in [0.2, 0.25) is 0 Å². The fourth-order valence-corrected chi connectivity index (χ4v) is 2.53. The van der Waals surface area contributed by atoms with Crippen molar-refractivity contribution < 1.29 is 9.53 Å². The van der Waals surface area contributed by atoms with Crippen LogP contribution in [-0.4, -0.2) is 30.0 Å². The van der Waals surface area contributed by atoms with E-state index in [1.807, 2.05) is 11.0 Å². The summed E-state index contributed by atoms with van der Waals surface area (Å²) in [5, 5.41) is 9.10. The molecule has 0 aliphatic carbocycles. The van der Waals surface area contributed by atoms with Gasteiger partial charge < -0.3 is 15.4 Å². The van der Waals surface area contributed by atoms with Crippen LogP contribution >= 0.6 is 0 Å². The minimum atomic E-state index is -0.598. The summed E-state index contributed by atoms with van der Waals surface area (Å²) in [6, 6.07) is 6.90. The maximum Gasteiger partial charge on any atom is 0.263 e. The van der Waals surface area contributed by atoms with Crippen LogP contribution < -0.4 is 10.5 Å². The van der Waals surface area contributed by atoms with Crippen LogP contribution in [0.15, 0.2) is 18.2 Å². The highest BCUT2D eigenvalue weighted by atomic mass is 16.5. The molecule has 1 fully saturated rings. The average molecular weight is 287 g/mol. The first-order valence-corrected chi connectivity index (χ1v) is 7.37. The number of anilines is 1. The first-order chi connectivity index (χ1) is 10.1. The lowest BCUT2D eigenvalue weighted by molar-refractivity contribution is -0.137. The van der Waals surface area contributed by atoms with Gasteiger partial charge in [0, 0.05) is 18.8 Å². The maximum atomic E-state index is 12.4. The number of carbonyl (C=O) groups excluding carboxylic acids is 1. The summed E-state index contributed by atoms with van der Waals surface area (Å²) >= 11 is 0. The van der Waals surface area contributed by atoms with E-state index in [1.54, 1.807) is 25.1 Å². The number of hydrogen-bond donors (Lipinski definition) is 1. The van der Waals surface area contributed by atoms with Gasteiger partial charge in [0.2, 0.25) is 0 Å². The normalized spacial score (nSPS) is 16.7. The van der Waals surface area contributed by atoms with Gasteiger partial charge in [-0.2, -0.15) is 5.26 Å². The van der Waals surface area contributed by atoms with Crippen LogP contribution in [-0.2, 0) is 4.79 Å². The predicted molar refractivity (Wildman–Crippen MR) is 80.7 cm³/mol. The predicted octanol–water partition coefficient (Wildman–Crippen LogP) is 2.31. The van der Waals surface area contributed by atoms with Crippen molar-refractivity contribution >= 4 is 11.6 Å². The quantitative estimate of drug-likeness (QED) is 0.865. The van der Waals surface area contributed by atoms with E-state index < -0.39 is 6.10 Å². The Morgan fingerprint density at radius 2 is 2.00 bits per heavy atom. The van der Waals surface area contributed by atoms with Crippen molar-refractivity contribution in [3.63, 3.8) is 0 Å². The fourth-order valence-electron chi connectivity index (χ4n) is 2.53. The Hall–Kier alpha value is -2.22. The highest BCUT2D eigenvalue weighted by Gasteiger charge is 2.23. The summed E-state index contributed by atoms with van der Waals surface area (Å²) in [6.07, 6.45) is 3.84. The minimum absolute atomic E-state index is 0.0161. The maximum absolute atomic E-state index is 12.4. The monoisotopic (exact) mass is 287 g/mol. The molecule has 5 nitrogen and oxygen atoms in total. The molecule has 1 aliphatic heterocycles. The topological polar surface area (TPSA) is 79.3 Å². The van der Waals surface area contributed by atoms with Gasteiger partial charge in [0.05, 0.1) is 5.56 Å². The van der Waals surface area contributed by atoms with Crippen molar-refractivity contribution in [2.24, 2.45) is 0 Å². The molecule has 1 saturated heterocycles. The lowest BCUT2D eigenvalue weighted by Crippen LogP contribution is -2.41. The molecule has 0 spiro atoms. The van der Waals surface area contributed by atoms with E-state index in [0.29, 0.717) is 17.0 Å². The molecule has 1 aliphatic rings. The van der Waals surface area contributed by atoms with Gasteiger partial charge in [0.1, 0.15) is 11.8 Å². The van der Waals surface area contributed by atoms with E-state index in [0.717, 1.165) is 25.9 Å². The van der Waals surface area contributed by atoms with Crippen LogP contribution in [0.3, 0.4) is 0 Å². The Bertz CT molecular complexity index is 543. The molecule has 0 aromatic heterocycles. The zero-order chi connectivity index (χ0) is 15.2. The van der Waals surface area contributed by atoms with E-state index in [1.165, 1.54) is 12.8 Å². The Labute approximate surface area is 125 Å². The molecular formula is C16H21N3O2. The zero-order valence-corrected chi connectivity index (χ0v) is 12.3. The lowest BCUT2D eigenvalue weighted by Gasteiger charge is -2.24. The zero-order valence-electron chi connectivity index (χ0n) is 12.3. The molecule has 2 rings (SSSR count). The number of amides is 1. The van der Waals surface area contributed by atoms with Crippen LogP contribution in [0, 0.1) is 11.3 Å². The number of benzene rings is 1. The number of ether oxygens (including phenoxy) is 1. The summed E-state index contributed by atoms with van der Waals surface area (Å²) < 4.78 is 5.68. The second-order valence-electron chi connectivity index (χ2n) is 5.37. The second kappa shape index (κ2) is 6.98. The Morgan fingerprint density at radius 3 is 2.62 bits per heavy atom. The second-order valence-corrected chi connectivity index (χ2v) is 5.37. The number of rotatable bonds is 3. The van der Waals surface area contributed by atoms with Gasteiger partial charge in [-0.25, -0.2) is 0 Å². The van der Waals surface area contributed by atoms with Crippen LogP contribution in [0.5, 0.6) is 5.75 Å². The van der Waals surface area contributed by atoms with E-state index in [-0.39, 0.29) is 5.91 Å². The standard InChI is InChI=1S/C16H21N3O2/c1-12(16(20)19-8-4-2-3-5-9-19)21-15-7-6-14(18)10-13(15)11-17/h6-7,10,12H,2-5,8-9,18H2,1H3. The van der Waals surface area contributed by atoms with E-state index in [9.17, 15) is 4.79 Å². The Balaban J connectivity index is 2.05. The van der Waals surface area contributed by atoms with E-state index >= 15 is 0 Å². The molecule has 1 unspecified atom stereocenters. The van der Waals surface area contributed by atoms with Crippen molar-refractivity contribution in [2.45, 2.75) is 38.7 Å². The summed E-state index contributed by atoms with van der Waals surface area (Å²) in [7, 11) is 0. The lowest BCUT2D eigenvalue weighted by atomic mass is 10.2. The van der Waals surface area contributed by atoms with Crippen molar-refractivity contribution in [3.8, 4) is 11.8 Å². The molecule has 1 amide bonds. The molecule has 21 heavy (non-hydrogen) atoms. The molecule has 5 heteroatoms. The van der Waals surface area contributed by atoms with Crippen molar-refractivity contribution in [2.75, 3.05) is 18.8 Å². The van der Waals surface area contributed by atoms with Gasteiger partial charge in [-0.3, -0.25) is 4.79 Å². The third-order valence-electron chi connectivity index (χ3n) is 3.69. The first kappa shape index (κ1) is 15.2. The van der Waals surface area contributed by atoms with Gasteiger partial charge in [-0.05, 0) is 38.0 Å². The number of likely N-dealkylation sites (tertiary alicyclic amines) is 1. The number of nitriles is 1. The molecule has 1 aromatic rings. The number of nitrogens with two attached hydrogens (primary N) is 1. The van der Waals surface area contributed by atoms with Crippen LogP contribution in [0.1, 0.15) is 38.2 Å². The SMILES string of the molecule is CC(Oc1ccc(N)cc1C#N)C(=O)N1CCCCCC1. The van der Waals surface area contributed by atoms with Gasteiger partial charge in [-0.1, -0.05) is 12.8 Å². The third-order valence-corrected chi connectivity index (χ3v) is 3.69. The molecule has 1 heterocycles. The summed E-state index contributed by atoms with van der Waals surface area (Å²) in [5.41, 5.74) is 6.50. The summed E-state index contributed by atoms with van der Waals surface area (Å²) in [4.78, 5) is 14.3. The molecule has 1 aromatic carbocycles. The highest BCUT2D eigenvalue weighted by molar-refractivity contribution is 5.81. The van der Waals surface area contributed by atoms with E-state index in [2.05, 4.69) is 0 Å². The molecule has 112 valence electrons. The number of hydrogen-bond acceptors (Lipinski definition) is 4. The number of nitrogens with zero attached hydrogens (tertiary/aromatic N) is 2. The van der Waals surface area contributed by atoms with Crippen LogP contribution in [0.4, 0.5) is 5.69 Å². The fraction of sp³-hybridized carbons (Fsp3) is 0.500. The Kier molecular flexibility index (Phi) is 5.04. The van der Waals surface area contributed by atoms with E-state index in [4.69, 9.17) is 15.7 Å². The molecule has 0 radical (unpaired) electrons. The molecule has 0 saturated carbocycles. The highest BCUT2D eigenvalue weighted by Crippen LogP contribution is 2.22. The average Bonchev–Trinajstić information content (AvgIpc) is 2.77. The van der Waals surface area contributed by atoms with Gasteiger partial charge >= 0.3 is 0 Å². The molecular weight excluding hydrogens is 266 g/mol. The first-order valence-electron chi connectivity index (χ1n) is 7.37. The van der Waals surface area contributed by atoms with Crippen molar-refractivity contribution in [3.05, 3.63) is 23.8 Å². The molecule has 0 bridgehead atoms. The van der Waals surface area contributed by atoms with Gasteiger partial charge in [0.25, 0.3) is 5.91 Å². The third kappa shape index (κ3) is 3.88. The largest absolute Gasteiger partial charge is 0.480 e. The summed E-state index contributed by atoms with van der Waals surface area (Å²) in [5.74, 6) is 0.389. The summed E-state index contributed by atoms with van der Waals surface area (Å²) in [6.45, 7) is 3.31. The van der Waals surface area contributed by atoms with Crippen LogP contribution in [0.25, 0.3) is 0 Å². The molecule has 2 N–H and O–H groups in total. The number of carbonyl (C=O) groups is 1. The smallest absolute Gasteiger partial charge is 0.263 e. The molecule has 1 atom stereocenters. The van der Waals surface area contributed by atoms with Gasteiger partial charge in [0.15, 0.2) is 6.10 Å². The number of nitrogen functional groups attached to an aromatic ring is 1. The van der Waals surface area contributed by atoms with Crippen molar-refractivity contribution in [1.29, 1.82) is 5.26 Å².